The third kappa shape index (κ3) is 3.48. The highest BCUT2D eigenvalue weighted by atomic mass is 16.5. The van der Waals surface area contributed by atoms with E-state index in [1.165, 1.54) is 0 Å². The lowest BCUT2D eigenvalue weighted by Gasteiger charge is -2.23. The van der Waals surface area contributed by atoms with Gasteiger partial charge in [-0.2, -0.15) is 0 Å². The zero-order valence-electron chi connectivity index (χ0n) is 10.9. The van der Waals surface area contributed by atoms with Crippen LogP contribution in [0.25, 0.3) is 0 Å². The molecule has 0 heterocycles. The van der Waals surface area contributed by atoms with E-state index in [2.05, 4.69) is 0 Å². The predicted octanol–water partition coefficient (Wildman–Crippen LogP) is 3.43. The van der Waals surface area contributed by atoms with E-state index >= 15 is 0 Å². The summed E-state index contributed by atoms with van der Waals surface area (Å²) in [5.41, 5.74) is 0.425. The zero-order chi connectivity index (χ0) is 13.1. The molecule has 0 aliphatic carbocycles. The Morgan fingerprint density at radius 2 is 1.88 bits per heavy atom. The van der Waals surface area contributed by atoms with Gasteiger partial charge in [-0.3, -0.25) is 4.79 Å². The van der Waals surface area contributed by atoms with E-state index in [0.717, 1.165) is 12.0 Å². The van der Waals surface area contributed by atoms with Crippen molar-refractivity contribution in [2.75, 3.05) is 0 Å². The number of benzene rings is 1. The summed E-state index contributed by atoms with van der Waals surface area (Å²) < 4.78 is 5.41. The van der Waals surface area contributed by atoms with Crippen molar-refractivity contribution in [1.29, 1.82) is 0 Å². The molecule has 0 bridgehead atoms. The van der Waals surface area contributed by atoms with Crippen LogP contribution in [0.5, 0.6) is 5.75 Å². The van der Waals surface area contributed by atoms with E-state index < -0.39 is 5.41 Å². The van der Waals surface area contributed by atoms with E-state index in [1.54, 1.807) is 24.3 Å². The number of phenolic OH excluding ortho intramolecular Hbond substituents is 1. The molecule has 3 heteroatoms. The Balaban J connectivity index is 2.70. The minimum Gasteiger partial charge on any atom is -0.508 e. The van der Waals surface area contributed by atoms with Crippen molar-refractivity contribution in [3.05, 3.63) is 29.8 Å². The summed E-state index contributed by atoms with van der Waals surface area (Å²) in [5, 5.41) is 9.18. The second kappa shape index (κ2) is 5.21. The number of phenols is 1. The van der Waals surface area contributed by atoms with Crippen LogP contribution in [0.1, 0.15) is 45.8 Å². The van der Waals surface area contributed by atoms with Crippen LogP contribution in [0, 0.1) is 5.41 Å². The predicted molar refractivity (Wildman–Crippen MR) is 66.7 cm³/mol. The Morgan fingerprint density at radius 3 is 2.35 bits per heavy atom. The highest BCUT2D eigenvalue weighted by Gasteiger charge is 2.28. The molecule has 1 aromatic rings. The first-order chi connectivity index (χ1) is 7.86. The molecular weight excluding hydrogens is 216 g/mol. The molecule has 1 N–H and O–H groups in total. The molecule has 17 heavy (non-hydrogen) atoms. The molecule has 1 unspecified atom stereocenters. The molecule has 0 fully saturated rings. The number of ether oxygens (including phenoxy) is 1. The van der Waals surface area contributed by atoms with Crippen molar-refractivity contribution in [1.82, 2.24) is 0 Å². The standard InChI is InChI=1S/C14H20O3/c1-5-14(3,4)13(16)17-10(2)11-6-8-12(15)9-7-11/h6-10,15H,5H2,1-4H3. The molecule has 1 aromatic carbocycles. The molecule has 0 spiro atoms. The first-order valence-electron chi connectivity index (χ1n) is 5.87. The lowest BCUT2D eigenvalue weighted by molar-refractivity contribution is -0.159. The van der Waals surface area contributed by atoms with E-state index in [4.69, 9.17) is 4.74 Å². The molecule has 1 rings (SSSR count). The quantitative estimate of drug-likeness (QED) is 0.815. The van der Waals surface area contributed by atoms with Crippen LogP contribution in [0.4, 0.5) is 0 Å². The van der Waals surface area contributed by atoms with Crippen LogP contribution in [-0.2, 0) is 9.53 Å². The molecule has 0 aliphatic rings. The highest BCUT2D eigenvalue weighted by Crippen LogP contribution is 2.26. The lowest BCUT2D eigenvalue weighted by atomic mass is 9.90. The van der Waals surface area contributed by atoms with Gasteiger partial charge in [0.25, 0.3) is 0 Å². The van der Waals surface area contributed by atoms with Gasteiger partial charge in [-0.1, -0.05) is 19.1 Å². The van der Waals surface area contributed by atoms with Gasteiger partial charge in [-0.15, -0.1) is 0 Å². The van der Waals surface area contributed by atoms with E-state index in [1.807, 2.05) is 27.7 Å². The van der Waals surface area contributed by atoms with Crippen molar-refractivity contribution >= 4 is 5.97 Å². The van der Waals surface area contributed by atoms with Crippen molar-refractivity contribution in [2.24, 2.45) is 5.41 Å². The minimum absolute atomic E-state index is 0.194. The summed E-state index contributed by atoms with van der Waals surface area (Å²) in [4.78, 5) is 11.9. The Bertz CT molecular complexity index is 379. The average Bonchev–Trinajstić information content (AvgIpc) is 2.29. The van der Waals surface area contributed by atoms with Gasteiger partial charge in [-0.25, -0.2) is 0 Å². The number of rotatable bonds is 4. The fourth-order valence-corrected chi connectivity index (χ4v) is 1.28. The molecule has 3 nitrogen and oxygen atoms in total. The number of hydrogen-bond donors (Lipinski definition) is 1. The van der Waals surface area contributed by atoms with Gasteiger partial charge in [0.2, 0.25) is 0 Å². The van der Waals surface area contributed by atoms with Crippen LogP contribution in [0.15, 0.2) is 24.3 Å². The summed E-state index contributed by atoms with van der Waals surface area (Å²) in [6, 6.07) is 6.69. The summed E-state index contributed by atoms with van der Waals surface area (Å²) in [5.74, 6) is 0.0155. The Hall–Kier alpha value is -1.51. The number of aromatic hydroxyl groups is 1. The first kappa shape index (κ1) is 13.6. The van der Waals surface area contributed by atoms with Gasteiger partial charge in [0.05, 0.1) is 5.41 Å². The third-order valence-electron chi connectivity index (χ3n) is 3.08. The largest absolute Gasteiger partial charge is 0.508 e. The van der Waals surface area contributed by atoms with Crippen molar-refractivity contribution in [2.45, 2.75) is 40.2 Å². The fourth-order valence-electron chi connectivity index (χ4n) is 1.28. The Kier molecular flexibility index (Phi) is 4.16. The van der Waals surface area contributed by atoms with Crippen LogP contribution in [0.3, 0.4) is 0 Å². The summed E-state index contributed by atoms with van der Waals surface area (Å²) >= 11 is 0. The smallest absolute Gasteiger partial charge is 0.312 e. The monoisotopic (exact) mass is 236 g/mol. The summed E-state index contributed by atoms with van der Waals surface area (Å²) in [6.45, 7) is 7.54. The van der Waals surface area contributed by atoms with E-state index in [-0.39, 0.29) is 17.8 Å². The van der Waals surface area contributed by atoms with E-state index in [0.29, 0.717) is 0 Å². The van der Waals surface area contributed by atoms with Gasteiger partial charge in [0.1, 0.15) is 11.9 Å². The molecular formula is C14H20O3. The molecule has 1 atom stereocenters. The van der Waals surface area contributed by atoms with Gasteiger partial charge < -0.3 is 9.84 Å². The van der Waals surface area contributed by atoms with Gasteiger partial charge in [0, 0.05) is 0 Å². The maximum Gasteiger partial charge on any atom is 0.312 e. The van der Waals surface area contributed by atoms with Crippen LogP contribution >= 0.6 is 0 Å². The number of carbonyl (C=O) groups is 1. The maximum absolute atomic E-state index is 11.9. The van der Waals surface area contributed by atoms with Crippen LogP contribution < -0.4 is 0 Å². The number of esters is 1. The van der Waals surface area contributed by atoms with Crippen molar-refractivity contribution in [3.63, 3.8) is 0 Å². The van der Waals surface area contributed by atoms with Gasteiger partial charge in [-0.05, 0) is 44.9 Å². The summed E-state index contributed by atoms with van der Waals surface area (Å²) in [7, 11) is 0. The van der Waals surface area contributed by atoms with Gasteiger partial charge in [0.15, 0.2) is 0 Å². The second-order valence-corrected chi connectivity index (χ2v) is 4.88. The SMILES string of the molecule is CCC(C)(C)C(=O)OC(C)c1ccc(O)cc1. The lowest BCUT2D eigenvalue weighted by Crippen LogP contribution is -2.26. The molecule has 94 valence electrons. The van der Waals surface area contributed by atoms with Crippen molar-refractivity contribution < 1.29 is 14.6 Å². The molecule has 0 amide bonds. The number of carbonyl (C=O) groups excluding carboxylic acids is 1. The fraction of sp³-hybridized carbons (Fsp3) is 0.500. The average molecular weight is 236 g/mol. The van der Waals surface area contributed by atoms with Gasteiger partial charge >= 0.3 is 5.97 Å². The van der Waals surface area contributed by atoms with Crippen LogP contribution in [-0.4, -0.2) is 11.1 Å². The highest BCUT2D eigenvalue weighted by molar-refractivity contribution is 5.76. The molecule has 0 radical (unpaired) electrons. The molecule has 0 saturated carbocycles. The Labute approximate surface area is 102 Å². The van der Waals surface area contributed by atoms with E-state index in [9.17, 15) is 9.90 Å². The van der Waals surface area contributed by atoms with Crippen molar-refractivity contribution in [3.8, 4) is 5.75 Å². The first-order valence-corrected chi connectivity index (χ1v) is 5.87. The second-order valence-electron chi connectivity index (χ2n) is 4.88. The molecule has 0 aromatic heterocycles. The maximum atomic E-state index is 11.9. The summed E-state index contributed by atoms with van der Waals surface area (Å²) in [6.07, 6.45) is 0.447. The molecule has 0 aliphatic heterocycles. The van der Waals surface area contributed by atoms with Crippen LogP contribution in [0.2, 0.25) is 0 Å². The third-order valence-corrected chi connectivity index (χ3v) is 3.08. The Morgan fingerprint density at radius 1 is 1.35 bits per heavy atom. The topological polar surface area (TPSA) is 46.5 Å². The normalized spacial score (nSPS) is 13.2. The number of hydrogen-bond acceptors (Lipinski definition) is 3. The minimum atomic E-state index is -0.453. The zero-order valence-corrected chi connectivity index (χ0v) is 10.9. The molecule has 0 saturated heterocycles.